The second kappa shape index (κ2) is 6.68. The van der Waals surface area contributed by atoms with Crippen molar-refractivity contribution in [2.24, 2.45) is 0 Å². The van der Waals surface area contributed by atoms with Crippen LogP contribution >= 0.6 is 11.8 Å². The van der Waals surface area contributed by atoms with Crippen LogP contribution in [0.15, 0.2) is 29.4 Å². The van der Waals surface area contributed by atoms with Gasteiger partial charge in [-0.1, -0.05) is 41.6 Å². The van der Waals surface area contributed by atoms with Crippen molar-refractivity contribution in [1.82, 2.24) is 19.8 Å². The number of nitrogens with one attached hydrogen (secondary N) is 1. The van der Waals surface area contributed by atoms with E-state index in [1.165, 1.54) is 17.3 Å². The Hall–Kier alpha value is -2.06. The van der Waals surface area contributed by atoms with Crippen LogP contribution in [-0.2, 0) is 9.53 Å². The molecular formula is C17H21N5O2S. The third-order valence-electron chi connectivity index (χ3n) is 4.60. The van der Waals surface area contributed by atoms with E-state index in [-0.39, 0.29) is 17.2 Å². The van der Waals surface area contributed by atoms with Gasteiger partial charge in [0.05, 0.1) is 19.3 Å². The lowest BCUT2D eigenvalue weighted by atomic mass is 10.0. The van der Waals surface area contributed by atoms with Crippen molar-refractivity contribution in [3.05, 3.63) is 41.2 Å². The number of aromatic nitrogens is 3. The number of thioether (sulfide) groups is 1. The molecule has 1 aromatic carbocycles. The third kappa shape index (κ3) is 3.11. The van der Waals surface area contributed by atoms with Crippen molar-refractivity contribution in [2.75, 3.05) is 31.7 Å². The average Bonchev–Trinajstić information content (AvgIpc) is 3.02. The minimum atomic E-state index is -0.281. The predicted molar refractivity (Wildman–Crippen MR) is 95.1 cm³/mol. The Morgan fingerprint density at radius 3 is 2.64 bits per heavy atom. The highest BCUT2D eigenvalue weighted by Gasteiger charge is 2.39. The van der Waals surface area contributed by atoms with Crippen molar-refractivity contribution in [3.8, 4) is 0 Å². The highest BCUT2D eigenvalue weighted by atomic mass is 32.2. The van der Waals surface area contributed by atoms with Crippen molar-refractivity contribution in [2.45, 2.75) is 30.3 Å². The number of morpholine rings is 1. The molecule has 2 atom stereocenters. The SMILES string of the molecule is Cc1ccc([C@@H]2Nn3c(C)nnc3S[C@H]2C(=O)N2CCOCC2)cc1. The number of hydrogen-bond donors (Lipinski definition) is 1. The summed E-state index contributed by atoms with van der Waals surface area (Å²) >= 11 is 1.48. The minimum Gasteiger partial charge on any atom is -0.378 e. The van der Waals surface area contributed by atoms with Crippen LogP contribution in [0.1, 0.15) is 23.0 Å². The van der Waals surface area contributed by atoms with E-state index in [0.717, 1.165) is 16.5 Å². The summed E-state index contributed by atoms with van der Waals surface area (Å²) in [4.78, 5) is 15.1. The molecule has 0 spiro atoms. The summed E-state index contributed by atoms with van der Waals surface area (Å²) in [5.41, 5.74) is 5.73. The number of rotatable bonds is 2. The summed E-state index contributed by atoms with van der Waals surface area (Å²) < 4.78 is 7.25. The molecule has 1 saturated heterocycles. The summed E-state index contributed by atoms with van der Waals surface area (Å²) in [6, 6.07) is 8.18. The van der Waals surface area contributed by atoms with Gasteiger partial charge in [-0.05, 0) is 19.4 Å². The van der Waals surface area contributed by atoms with Gasteiger partial charge in [0, 0.05) is 13.1 Å². The number of carbonyl (C=O) groups excluding carboxylic acids is 1. The molecule has 3 heterocycles. The molecule has 2 aliphatic heterocycles. The van der Waals surface area contributed by atoms with Crippen LogP contribution in [0.25, 0.3) is 0 Å². The summed E-state index contributed by atoms with van der Waals surface area (Å²) in [6.45, 7) is 6.44. The van der Waals surface area contributed by atoms with Crippen LogP contribution in [0, 0.1) is 13.8 Å². The Balaban J connectivity index is 1.68. The molecule has 2 aliphatic rings. The lowest BCUT2D eigenvalue weighted by Crippen LogP contribution is -2.49. The largest absolute Gasteiger partial charge is 0.378 e. The van der Waals surface area contributed by atoms with Gasteiger partial charge in [-0.2, -0.15) is 0 Å². The first-order valence-corrected chi connectivity index (χ1v) is 9.30. The summed E-state index contributed by atoms with van der Waals surface area (Å²) in [5, 5.41) is 8.77. The Bertz CT molecular complexity index is 770. The van der Waals surface area contributed by atoms with E-state index in [4.69, 9.17) is 4.74 Å². The molecule has 0 unspecified atom stereocenters. The second-order valence-electron chi connectivity index (χ2n) is 6.36. The Labute approximate surface area is 150 Å². The maximum Gasteiger partial charge on any atom is 0.238 e. The predicted octanol–water partition coefficient (Wildman–Crippen LogP) is 1.51. The number of benzene rings is 1. The molecule has 1 N–H and O–H groups in total. The fourth-order valence-corrected chi connectivity index (χ4v) is 4.35. The van der Waals surface area contributed by atoms with E-state index < -0.39 is 0 Å². The number of aryl methyl sites for hydroxylation is 2. The quantitative estimate of drug-likeness (QED) is 0.876. The number of ether oxygens (including phenoxy) is 1. The molecule has 8 heteroatoms. The van der Waals surface area contributed by atoms with Gasteiger partial charge in [0.15, 0.2) is 0 Å². The molecule has 1 fully saturated rings. The van der Waals surface area contributed by atoms with Crippen LogP contribution < -0.4 is 5.43 Å². The van der Waals surface area contributed by atoms with Crippen LogP contribution in [0.4, 0.5) is 0 Å². The monoisotopic (exact) mass is 359 g/mol. The van der Waals surface area contributed by atoms with E-state index in [9.17, 15) is 4.79 Å². The topological polar surface area (TPSA) is 72.3 Å². The van der Waals surface area contributed by atoms with Gasteiger partial charge < -0.3 is 15.1 Å². The minimum absolute atomic E-state index is 0.123. The van der Waals surface area contributed by atoms with Gasteiger partial charge in [-0.25, -0.2) is 4.68 Å². The second-order valence-corrected chi connectivity index (χ2v) is 7.47. The fraction of sp³-hybridized carbons (Fsp3) is 0.471. The first-order chi connectivity index (χ1) is 12.1. The standard InChI is InChI=1S/C17H21N5O2S/c1-11-3-5-13(6-4-11)14-15(16(23)21-7-9-24-10-8-21)25-17-19-18-12(2)22(17)20-14/h3-6,14-15,20H,7-10H2,1-2H3/t14-,15+/m0/s1. The van der Waals surface area contributed by atoms with Crippen molar-refractivity contribution >= 4 is 17.7 Å². The zero-order valence-electron chi connectivity index (χ0n) is 14.3. The molecule has 7 nitrogen and oxygen atoms in total. The summed E-state index contributed by atoms with van der Waals surface area (Å²) in [6.07, 6.45) is 0. The average molecular weight is 359 g/mol. The lowest BCUT2D eigenvalue weighted by molar-refractivity contribution is -0.135. The molecule has 1 amide bonds. The van der Waals surface area contributed by atoms with Crippen LogP contribution in [0.3, 0.4) is 0 Å². The van der Waals surface area contributed by atoms with E-state index in [2.05, 4.69) is 46.8 Å². The normalized spacial score (nSPS) is 23.0. The van der Waals surface area contributed by atoms with Gasteiger partial charge in [0.2, 0.25) is 11.1 Å². The number of hydrogen-bond acceptors (Lipinski definition) is 6. The molecule has 0 aliphatic carbocycles. The van der Waals surface area contributed by atoms with Gasteiger partial charge >= 0.3 is 0 Å². The van der Waals surface area contributed by atoms with Crippen molar-refractivity contribution in [1.29, 1.82) is 0 Å². The van der Waals surface area contributed by atoms with E-state index in [1.54, 1.807) is 0 Å². The number of amides is 1. The molecule has 0 bridgehead atoms. The highest BCUT2D eigenvalue weighted by Crippen LogP contribution is 2.38. The third-order valence-corrected chi connectivity index (χ3v) is 5.80. The smallest absolute Gasteiger partial charge is 0.238 e. The molecule has 132 valence electrons. The van der Waals surface area contributed by atoms with Gasteiger partial charge in [-0.15, -0.1) is 10.2 Å². The van der Waals surface area contributed by atoms with Crippen molar-refractivity contribution < 1.29 is 9.53 Å². The van der Waals surface area contributed by atoms with Crippen LogP contribution in [0.2, 0.25) is 0 Å². The molecule has 2 aromatic rings. The van der Waals surface area contributed by atoms with E-state index in [1.807, 2.05) is 16.5 Å². The molecule has 4 rings (SSSR count). The van der Waals surface area contributed by atoms with Gasteiger partial charge in [-0.3, -0.25) is 4.79 Å². The van der Waals surface area contributed by atoms with Crippen molar-refractivity contribution in [3.63, 3.8) is 0 Å². The summed E-state index contributed by atoms with van der Waals surface area (Å²) in [7, 11) is 0. The first kappa shape index (κ1) is 16.4. The maximum atomic E-state index is 13.2. The Morgan fingerprint density at radius 1 is 1.20 bits per heavy atom. The molecule has 0 saturated carbocycles. The summed E-state index contributed by atoms with van der Waals surface area (Å²) in [5.74, 6) is 0.912. The van der Waals surface area contributed by atoms with Gasteiger partial charge in [0.25, 0.3) is 0 Å². The first-order valence-electron chi connectivity index (χ1n) is 8.42. The van der Waals surface area contributed by atoms with Crippen LogP contribution in [-0.4, -0.2) is 57.2 Å². The fourth-order valence-electron chi connectivity index (χ4n) is 3.14. The lowest BCUT2D eigenvalue weighted by Gasteiger charge is -2.37. The number of fused-ring (bicyclic) bond motifs is 1. The molecular weight excluding hydrogens is 338 g/mol. The zero-order valence-corrected chi connectivity index (χ0v) is 15.1. The molecule has 0 radical (unpaired) electrons. The Kier molecular flexibility index (Phi) is 4.39. The maximum absolute atomic E-state index is 13.2. The van der Waals surface area contributed by atoms with Crippen LogP contribution in [0.5, 0.6) is 0 Å². The van der Waals surface area contributed by atoms with Gasteiger partial charge in [0.1, 0.15) is 11.1 Å². The highest BCUT2D eigenvalue weighted by molar-refractivity contribution is 8.00. The van der Waals surface area contributed by atoms with E-state index >= 15 is 0 Å². The molecule has 25 heavy (non-hydrogen) atoms. The Morgan fingerprint density at radius 2 is 1.92 bits per heavy atom. The van der Waals surface area contributed by atoms with E-state index in [0.29, 0.717) is 26.3 Å². The zero-order chi connectivity index (χ0) is 17.4. The number of carbonyl (C=O) groups is 1. The molecule has 1 aromatic heterocycles. The number of nitrogens with zero attached hydrogens (tertiary/aromatic N) is 4.